The van der Waals surface area contributed by atoms with Crippen molar-refractivity contribution in [3.8, 4) is 0 Å². The van der Waals surface area contributed by atoms with Gasteiger partial charge in [0.1, 0.15) is 19.3 Å². The van der Waals surface area contributed by atoms with Crippen molar-refractivity contribution in [1.82, 2.24) is 0 Å². The maximum absolute atomic E-state index is 13.1. The third-order valence-corrected chi connectivity index (χ3v) is 19.8. The van der Waals surface area contributed by atoms with E-state index in [1.54, 1.807) is 0 Å². The summed E-state index contributed by atoms with van der Waals surface area (Å²) < 4.78 is 68.6. The van der Waals surface area contributed by atoms with E-state index in [9.17, 15) is 43.2 Å². The van der Waals surface area contributed by atoms with Gasteiger partial charge in [0.05, 0.1) is 26.4 Å². The highest BCUT2D eigenvalue weighted by molar-refractivity contribution is 7.47. The predicted molar refractivity (Wildman–Crippen MR) is 386 cm³/mol. The van der Waals surface area contributed by atoms with Crippen LogP contribution in [0.3, 0.4) is 0 Å². The first-order valence-electron chi connectivity index (χ1n) is 39.8. The summed E-state index contributed by atoms with van der Waals surface area (Å²) in [6, 6.07) is 0. The van der Waals surface area contributed by atoms with Crippen LogP contribution >= 0.6 is 15.6 Å². The van der Waals surface area contributed by atoms with Crippen molar-refractivity contribution < 1.29 is 80.2 Å². The van der Waals surface area contributed by atoms with Crippen LogP contribution in [0.4, 0.5) is 0 Å². The van der Waals surface area contributed by atoms with Gasteiger partial charge >= 0.3 is 39.5 Å². The molecule has 0 spiro atoms. The van der Waals surface area contributed by atoms with Gasteiger partial charge in [0, 0.05) is 25.7 Å². The molecule has 0 saturated heterocycles. The topological polar surface area (TPSA) is 237 Å². The van der Waals surface area contributed by atoms with Crippen molar-refractivity contribution in [2.24, 2.45) is 0 Å². The van der Waals surface area contributed by atoms with Crippen LogP contribution < -0.4 is 0 Å². The number of esters is 4. The van der Waals surface area contributed by atoms with Gasteiger partial charge in [-0.05, 0) is 25.7 Å². The maximum atomic E-state index is 13.1. The van der Waals surface area contributed by atoms with E-state index in [4.69, 9.17) is 37.0 Å². The largest absolute Gasteiger partial charge is 0.472 e. The minimum absolute atomic E-state index is 0.109. The Labute approximate surface area is 581 Å². The summed E-state index contributed by atoms with van der Waals surface area (Å²) in [7, 11) is -9.91. The Kier molecular flexibility index (Phi) is 69.1. The fourth-order valence-electron chi connectivity index (χ4n) is 11.8. The monoisotopic (exact) mass is 1400 g/mol. The van der Waals surface area contributed by atoms with E-state index in [0.717, 1.165) is 89.9 Å². The first-order chi connectivity index (χ1) is 46.2. The molecule has 19 heteroatoms. The first-order valence-corrected chi connectivity index (χ1v) is 42.8. The molecule has 564 valence electrons. The molecule has 17 nitrogen and oxygen atoms in total. The minimum atomic E-state index is -4.96. The number of rotatable bonds is 77. The first kappa shape index (κ1) is 93.1. The van der Waals surface area contributed by atoms with Crippen LogP contribution in [0, 0.1) is 0 Å². The molecular weight excluding hydrogens is 1250 g/mol. The van der Waals surface area contributed by atoms with Gasteiger partial charge in [-0.3, -0.25) is 37.3 Å². The van der Waals surface area contributed by atoms with E-state index in [2.05, 4.69) is 27.7 Å². The van der Waals surface area contributed by atoms with Gasteiger partial charge in [-0.15, -0.1) is 0 Å². The van der Waals surface area contributed by atoms with E-state index in [0.29, 0.717) is 25.7 Å². The lowest BCUT2D eigenvalue weighted by Gasteiger charge is -2.21. The zero-order valence-corrected chi connectivity index (χ0v) is 63.4. The Hall–Kier alpha value is -1.94. The molecular formula is C76H148O17P2. The SMILES string of the molecule is CCCCCCCCCCCCCCCCCCC(=O)O[C@H](COC(=O)CCCCCCCCCCCCCCCC)COP(=O)(O)OC[C@@H](O)COP(=O)(O)OC[C@@H](COC(=O)CCCCCCCCCCCCCC)OC(=O)CCCCCCCCCCCCCCC. The van der Waals surface area contributed by atoms with Gasteiger partial charge in [-0.1, -0.05) is 355 Å². The number of ether oxygens (including phenoxy) is 4. The van der Waals surface area contributed by atoms with Crippen molar-refractivity contribution in [2.45, 2.75) is 425 Å². The van der Waals surface area contributed by atoms with Gasteiger partial charge in [0.15, 0.2) is 12.2 Å². The summed E-state index contributed by atoms with van der Waals surface area (Å²) in [5, 5.41) is 10.6. The summed E-state index contributed by atoms with van der Waals surface area (Å²) in [5.41, 5.74) is 0. The molecule has 0 amide bonds. The van der Waals surface area contributed by atoms with E-state index in [-0.39, 0.29) is 25.7 Å². The molecule has 0 aliphatic heterocycles. The summed E-state index contributed by atoms with van der Waals surface area (Å²) >= 11 is 0. The molecule has 0 saturated carbocycles. The highest BCUT2D eigenvalue weighted by Crippen LogP contribution is 2.45. The molecule has 0 aliphatic rings. The molecule has 0 rings (SSSR count). The third kappa shape index (κ3) is 70.3. The zero-order chi connectivity index (χ0) is 69.7. The second-order valence-electron chi connectivity index (χ2n) is 27.4. The number of unbranched alkanes of at least 4 members (excludes halogenated alkanes) is 51. The number of carbonyl (C=O) groups is 4. The fraction of sp³-hybridized carbons (Fsp3) is 0.947. The van der Waals surface area contributed by atoms with Crippen LogP contribution in [-0.4, -0.2) is 96.7 Å². The minimum Gasteiger partial charge on any atom is -0.462 e. The normalized spacial score (nSPS) is 13.9. The van der Waals surface area contributed by atoms with Crippen LogP contribution in [0.25, 0.3) is 0 Å². The quantitative estimate of drug-likeness (QED) is 0.0222. The van der Waals surface area contributed by atoms with Crippen molar-refractivity contribution in [3.63, 3.8) is 0 Å². The molecule has 5 atom stereocenters. The van der Waals surface area contributed by atoms with Gasteiger partial charge in [0.2, 0.25) is 0 Å². The summed E-state index contributed by atoms with van der Waals surface area (Å²) in [4.78, 5) is 72.8. The van der Waals surface area contributed by atoms with Crippen molar-refractivity contribution in [2.75, 3.05) is 39.6 Å². The molecule has 2 unspecified atom stereocenters. The molecule has 0 radical (unpaired) electrons. The van der Waals surface area contributed by atoms with E-state index < -0.39 is 97.5 Å². The molecule has 0 aromatic rings. The Morgan fingerprint density at radius 2 is 0.421 bits per heavy atom. The van der Waals surface area contributed by atoms with Crippen LogP contribution in [0.1, 0.15) is 407 Å². The summed E-state index contributed by atoms with van der Waals surface area (Å²) in [6.07, 6.45) is 60.8. The van der Waals surface area contributed by atoms with Gasteiger partial charge in [0.25, 0.3) is 0 Å². The number of phosphoric acid groups is 2. The smallest absolute Gasteiger partial charge is 0.462 e. The van der Waals surface area contributed by atoms with Crippen molar-refractivity contribution in [3.05, 3.63) is 0 Å². The lowest BCUT2D eigenvalue weighted by atomic mass is 10.0. The standard InChI is InChI=1S/C76H148O17P2/c1-5-9-13-17-21-25-29-33-35-36-39-43-47-51-55-59-63-76(81)93-72(67-87-74(79)61-57-53-49-45-41-38-34-30-26-22-18-14-10-6-2)69-91-95(84,85)89-65-70(77)64-88-94(82,83)90-68-71(66-86-73(78)60-56-52-48-44-40-32-28-24-20-16-12-8-4)92-75(80)62-58-54-50-46-42-37-31-27-23-19-15-11-7-3/h70-72,77H,5-69H2,1-4H3,(H,82,83)(H,84,85)/t70-,71+,72+/m0/s1. The van der Waals surface area contributed by atoms with Crippen molar-refractivity contribution >= 4 is 39.5 Å². The number of hydrogen-bond acceptors (Lipinski definition) is 15. The van der Waals surface area contributed by atoms with Crippen molar-refractivity contribution in [1.29, 1.82) is 0 Å². The van der Waals surface area contributed by atoms with Gasteiger partial charge in [-0.25, -0.2) is 9.13 Å². The second kappa shape index (κ2) is 70.5. The Morgan fingerprint density at radius 1 is 0.253 bits per heavy atom. The lowest BCUT2D eigenvalue weighted by Crippen LogP contribution is -2.30. The number of phosphoric ester groups is 2. The molecule has 0 aromatic heterocycles. The molecule has 0 fully saturated rings. The molecule has 0 aliphatic carbocycles. The number of carbonyl (C=O) groups excluding carboxylic acids is 4. The average Bonchev–Trinajstić information content (AvgIpc) is 2.32. The second-order valence-corrected chi connectivity index (χ2v) is 30.3. The van der Waals surface area contributed by atoms with Gasteiger partial charge < -0.3 is 33.8 Å². The van der Waals surface area contributed by atoms with E-state index in [1.807, 2.05) is 0 Å². The lowest BCUT2D eigenvalue weighted by molar-refractivity contribution is -0.161. The molecule has 0 aromatic carbocycles. The van der Waals surface area contributed by atoms with Crippen LogP contribution in [0.5, 0.6) is 0 Å². The fourth-order valence-corrected chi connectivity index (χ4v) is 13.3. The average molecular weight is 1400 g/mol. The van der Waals surface area contributed by atoms with E-state index >= 15 is 0 Å². The zero-order valence-electron chi connectivity index (χ0n) is 61.6. The Bertz CT molecular complexity index is 1810. The highest BCUT2D eigenvalue weighted by atomic mass is 31.2. The number of aliphatic hydroxyl groups is 1. The molecule has 95 heavy (non-hydrogen) atoms. The van der Waals surface area contributed by atoms with Gasteiger partial charge in [-0.2, -0.15) is 0 Å². The highest BCUT2D eigenvalue weighted by Gasteiger charge is 2.30. The Balaban J connectivity index is 5.25. The van der Waals surface area contributed by atoms with Crippen LogP contribution in [-0.2, 0) is 65.4 Å². The predicted octanol–water partition coefficient (Wildman–Crippen LogP) is 22.6. The third-order valence-electron chi connectivity index (χ3n) is 17.9. The van der Waals surface area contributed by atoms with Crippen LogP contribution in [0.2, 0.25) is 0 Å². The molecule has 3 N–H and O–H groups in total. The Morgan fingerprint density at radius 3 is 0.621 bits per heavy atom. The summed E-state index contributed by atoms with van der Waals surface area (Å²) in [6.45, 7) is 5.00. The summed E-state index contributed by atoms with van der Waals surface area (Å²) in [5.74, 6) is -2.11. The van der Waals surface area contributed by atoms with E-state index in [1.165, 1.54) is 238 Å². The van der Waals surface area contributed by atoms with Crippen LogP contribution in [0.15, 0.2) is 0 Å². The molecule has 0 heterocycles. The molecule has 0 bridgehead atoms. The number of hydrogen-bond donors (Lipinski definition) is 3. The maximum Gasteiger partial charge on any atom is 0.472 e. The number of aliphatic hydroxyl groups excluding tert-OH is 1.